The molecule has 0 spiro atoms. The van der Waals surface area contributed by atoms with Crippen molar-refractivity contribution in [1.82, 2.24) is 14.9 Å². The molecule has 0 saturated carbocycles. The van der Waals surface area contributed by atoms with Crippen LogP contribution in [0.1, 0.15) is 34.7 Å². The van der Waals surface area contributed by atoms with Gasteiger partial charge in [0.25, 0.3) is 0 Å². The molecule has 34 heavy (non-hydrogen) atoms. The molecule has 2 aromatic carbocycles. The lowest BCUT2D eigenvalue weighted by atomic mass is 9.96. The fraction of sp³-hybridized carbons (Fsp3) is 0.154. The fourth-order valence-corrected chi connectivity index (χ4v) is 5.20. The number of phenols is 1. The molecule has 1 fully saturated rings. The number of aromatic nitrogens is 2. The topological polar surface area (TPSA) is 53.3 Å². The van der Waals surface area contributed by atoms with Crippen LogP contribution < -0.4 is 10.2 Å². The molecular weight excluding hydrogens is 471 g/mol. The minimum atomic E-state index is -0.311. The number of nitrogens with zero attached hydrogens (tertiary/aromatic N) is 3. The van der Waals surface area contributed by atoms with E-state index in [1.54, 1.807) is 36.5 Å². The molecule has 2 N–H and O–H groups in total. The molecule has 0 aliphatic carbocycles. The highest BCUT2D eigenvalue weighted by Gasteiger charge is 2.42. The minimum Gasteiger partial charge on any atom is -0.506 e. The Kier molecular flexibility index (Phi) is 5.75. The number of pyridine rings is 1. The molecule has 1 aliphatic rings. The van der Waals surface area contributed by atoms with Crippen molar-refractivity contribution < 1.29 is 9.50 Å². The van der Waals surface area contributed by atoms with Gasteiger partial charge in [-0.2, -0.15) is 0 Å². The lowest BCUT2D eigenvalue weighted by Gasteiger charge is -2.28. The third-order valence-corrected chi connectivity index (χ3v) is 6.72. The maximum absolute atomic E-state index is 13.7. The van der Waals surface area contributed by atoms with Crippen LogP contribution in [-0.2, 0) is 0 Å². The van der Waals surface area contributed by atoms with Gasteiger partial charge in [0.2, 0.25) is 0 Å². The molecule has 2 atom stereocenters. The Hall–Kier alpha value is -3.42. The van der Waals surface area contributed by atoms with Crippen LogP contribution in [0.25, 0.3) is 5.69 Å². The summed E-state index contributed by atoms with van der Waals surface area (Å²) in [7, 11) is 0. The maximum atomic E-state index is 13.7. The van der Waals surface area contributed by atoms with Crippen molar-refractivity contribution in [2.75, 3.05) is 4.90 Å². The van der Waals surface area contributed by atoms with E-state index in [0.29, 0.717) is 15.8 Å². The summed E-state index contributed by atoms with van der Waals surface area (Å²) in [5.74, 6) is -0.177. The first kappa shape index (κ1) is 22.4. The van der Waals surface area contributed by atoms with Crippen LogP contribution in [0, 0.1) is 19.7 Å². The van der Waals surface area contributed by atoms with E-state index in [1.165, 1.54) is 12.1 Å². The minimum absolute atomic E-state index is 0.134. The van der Waals surface area contributed by atoms with Gasteiger partial charge in [0.15, 0.2) is 5.11 Å². The van der Waals surface area contributed by atoms with Crippen LogP contribution in [0.15, 0.2) is 72.9 Å². The van der Waals surface area contributed by atoms with E-state index in [2.05, 4.69) is 16.4 Å². The van der Waals surface area contributed by atoms with E-state index in [-0.39, 0.29) is 23.7 Å². The van der Waals surface area contributed by atoms with Crippen LogP contribution in [-0.4, -0.2) is 19.8 Å². The highest BCUT2D eigenvalue weighted by molar-refractivity contribution is 7.80. The second-order valence-electron chi connectivity index (χ2n) is 8.27. The Balaban J connectivity index is 1.70. The van der Waals surface area contributed by atoms with Gasteiger partial charge in [-0.1, -0.05) is 17.7 Å². The van der Waals surface area contributed by atoms with Crippen LogP contribution in [0.4, 0.5) is 10.1 Å². The number of halogens is 2. The predicted molar refractivity (Wildman–Crippen MR) is 136 cm³/mol. The Morgan fingerprint density at radius 1 is 1.06 bits per heavy atom. The third-order valence-electron chi connectivity index (χ3n) is 6.17. The van der Waals surface area contributed by atoms with Crippen molar-refractivity contribution >= 4 is 34.6 Å². The summed E-state index contributed by atoms with van der Waals surface area (Å²) in [5.41, 5.74) is 5.09. The number of phenolic OH excluding ortho intramolecular Hbond substituents is 1. The molecule has 3 heterocycles. The van der Waals surface area contributed by atoms with Gasteiger partial charge in [0.1, 0.15) is 11.6 Å². The number of hydrogen-bond donors (Lipinski definition) is 2. The molecule has 1 aliphatic heterocycles. The molecule has 5 rings (SSSR count). The van der Waals surface area contributed by atoms with Crippen LogP contribution in [0.5, 0.6) is 5.75 Å². The van der Waals surface area contributed by atoms with Crippen molar-refractivity contribution in [3.8, 4) is 11.4 Å². The Labute approximate surface area is 207 Å². The number of aryl methyl sites for hydroxylation is 1. The largest absolute Gasteiger partial charge is 0.506 e. The zero-order valence-corrected chi connectivity index (χ0v) is 20.1. The number of thiocarbonyl (C=S) groups is 1. The van der Waals surface area contributed by atoms with Gasteiger partial charge in [0.05, 0.1) is 23.5 Å². The van der Waals surface area contributed by atoms with Gasteiger partial charge in [-0.25, -0.2) is 4.39 Å². The van der Waals surface area contributed by atoms with E-state index >= 15 is 0 Å². The van der Waals surface area contributed by atoms with Crippen molar-refractivity contribution in [3.63, 3.8) is 0 Å². The molecular formula is C26H22ClFN4OS. The van der Waals surface area contributed by atoms with Gasteiger partial charge in [-0.15, -0.1) is 0 Å². The Morgan fingerprint density at radius 2 is 1.82 bits per heavy atom. The number of benzene rings is 2. The summed E-state index contributed by atoms with van der Waals surface area (Å²) in [6.07, 6.45) is 1.75. The first-order valence-electron chi connectivity index (χ1n) is 10.8. The first-order valence-corrected chi connectivity index (χ1v) is 11.6. The van der Waals surface area contributed by atoms with Crippen molar-refractivity contribution in [2.24, 2.45) is 0 Å². The van der Waals surface area contributed by atoms with Crippen molar-refractivity contribution in [1.29, 1.82) is 0 Å². The molecule has 1 saturated heterocycles. The molecule has 8 heteroatoms. The predicted octanol–water partition coefficient (Wildman–Crippen LogP) is 6.16. The standard InChI is InChI=1S/C26H22ClFN4OS/c1-15-13-20(16(2)31(15)22-14-17(27)6-11-23(22)33)25-24(21-5-3-4-12-29-21)30-26(34)32(25)19-9-7-18(28)8-10-19/h3-14,24-25,33H,1-2H3,(H,30,34)/t24-,25-/m1/s1. The molecule has 0 amide bonds. The van der Waals surface area contributed by atoms with E-state index in [0.717, 1.165) is 28.3 Å². The van der Waals surface area contributed by atoms with Gasteiger partial charge >= 0.3 is 0 Å². The quantitative estimate of drug-likeness (QED) is 0.334. The van der Waals surface area contributed by atoms with E-state index in [9.17, 15) is 9.50 Å². The van der Waals surface area contributed by atoms with Crippen molar-refractivity contribution in [2.45, 2.75) is 25.9 Å². The monoisotopic (exact) mass is 492 g/mol. The van der Waals surface area contributed by atoms with E-state index < -0.39 is 0 Å². The molecule has 0 unspecified atom stereocenters. The SMILES string of the molecule is Cc1cc([C@@H]2[C@@H](c3ccccn3)NC(=S)N2c2ccc(F)cc2)c(C)n1-c1cc(Cl)ccc1O. The average molecular weight is 493 g/mol. The summed E-state index contributed by atoms with van der Waals surface area (Å²) in [5, 5.41) is 15.1. The van der Waals surface area contributed by atoms with Crippen LogP contribution >= 0.6 is 23.8 Å². The fourth-order valence-electron chi connectivity index (χ4n) is 4.68. The lowest BCUT2D eigenvalue weighted by molar-refractivity contribution is 0.471. The number of hydrogen-bond acceptors (Lipinski definition) is 3. The number of aromatic hydroxyl groups is 1. The summed E-state index contributed by atoms with van der Waals surface area (Å²) in [6, 6.07) is 18.7. The second-order valence-corrected chi connectivity index (χ2v) is 9.09. The van der Waals surface area contributed by atoms with Crippen molar-refractivity contribution in [3.05, 3.63) is 106 Å². The summed E-state index contributed by atoms with van der Waals surface area (Å²) in [6.45, 7) is 3.98. The number of nitrogens with one attached hydrogen (secondary N) is 1. The normalized spacial score (nSPS) is 17.8. The van der Waals surface area contributed by atoms with E-state index in [1.807, 2.05) is 41.5 Å². The molecule has 4 aromatic rings. The number of rotatable bonds is 4. The highest BCUT2D eigenvalue weighted by atomic mass is 35.5. The smallest absolute Gasteiger partial charge is 0.174 e. The Morgan fingerprint density at radius 3 is 2.53 bits per heavy atom. The van der Waals surface area contributed by atoms with Crippen LogP contribution in [0.2, 0.25) is 5.02 Å². The molecule has 0 bridgehead atoms. The maximum Gasteiger partial charge on any atom is 0.174 e. The number of anilines is 1. The zero-order valence-electron chi connectivity index (χ0n) is 18.5. The third kappa shape index (κ3) is 3.81. The lowest BCUT2D eigenvalue weighted by Crippen LogP contribution is -2.29. The highest BCUT2D eigenvalue weighted by Crippen LogP contribution is 2.44. The van der Waals surface area contributed by atoms with Crippen LogP contribution in [0.3, 0.4) is 0 Å². The Bertz CT molecular complexity index is 1370. The summed E-state index contributed by atoms with van der Waals surface area (Å²) in [4.78, 5) is 6.58. The summed E-state index contributed by atoms with van der Waals surface area (Å²) < 4.78 is 15.7. The molecule has 172 valence electrons. The van der Waals surface area contributed by atoms with Gasteiger partial charge < -0.3 is 19.9 Å². The average Bonchev–Trinajstić information content (AvgIpc) is 3.32. The van der Waals surface area contributed by atoms with Gasteiger partial charge in [0, 0.05) is 28.3 Å². The van der Waals surface area contributed by atoms with Gasteiger partial charge in [-0.3, -0.25) is 4.98 Å². The zero-order chi connectivity index (χ0) is 24.0. The van der Waals surface area contributed by atoms with Gasteiger partial charge in [-0.05, 0) is 92.3 Å². The summed E-state index contributed by atoms with van der Waals surface area (Å²) >= 11 is 12.0. The molecule has 0 radical (unpaired) electrons. The second kappa shape index (κ2) is 8.74. The first-order chi connectivity index (χ1) is 16.3. The van der Waals surface area contributed by atoms with E-state index in [4.69, 9.17) is 23.8 Å². The molecule has 2 aromatic heterocycles. The molecule has 5 nitrogen and oxygen atoms in total.